The van der Waals surface area contributed by atoms with E-state index in [2.05, 4.69) is 0 Å². The van der Waals surface area contributed by atoms with Crippen molar-refractivity contribution in [3.63, 3.8) is 0 Å². The van der Waals surface area contributed by atoms with E-state index in [1.54, 1.807) is 0 Å². The third-order valence-electron chi connectivity index (χ3n) is 2.95. The van der Waals surface area contributed by atoms with Gasteiger partial charge in [0.2, 0.25) is 0 Å². The second-order valence-electron chi connectivity index (χ2n) is 4.47. The van der Waals surface area contributed by atoms with E-state index in [1.165, 1.54) is 6.92 Å². The Morgan fingerprint density at radius 1 is 0.933 bits per heavy atom. The smallest absolute Gasteiger partial charge is 0.320 e. The first-order valence-corrected chi connectivity index (χ1v) is 4.54. The van der Waals surface area contributed by atoms with Gasteiger partial charge in [-0.2, -0.15) is 13.2 Å². The molecule has 0 aromatic carbocycles. The molecule has 1 atom stereocenters. The van der Waals surface area contributed by atoms with Crippen LogP contribution in [0.5, 0.6) is 0 Å². The van der Waals surface area contributed by atoms with E-state index in [0.29, 0.717) is 13.8 Å². The van der Waals surface area contributed by atoms with E-state index < -0.39 is 23.1 Å². The quantitative estimate of drug-likeness (QED) is 0.743. The van der Waals surface area contributed by atoms with Crippen LogP contribution in [0.3, 0.4) is 0 Å². The highest BCUT2D eigenvalue weighted by atomic mass is 19.4. The van der Waals surface area contributed by atoms with Crippen LogP contribution in [0, 0.1) is 5.41 Å². The molecule has 1 nitrogen and oxygen atoms in total. The largest absolute Gasteiger partial charge is 0.399 e. The van der Waals surface area contributed by atoms with E-state index in [-0.39, 0.29) is 6.42 Å². The summed E-state index contributed by atoms with van der Waals surface area (Å²) in [6.45, 7) is 3.20. The van der Waals surface area contributed by atoms with E-state index >= 15 is 0 Å². The Balaban J connectivity index is 5.38. The molecule has 0 rings (SSSR count). The topological polar surface area (TPSA) is 26.0 Å². The number of alkyl halides is 5. The van der Waals surface area contributed by atoms with E-state index in [0.717, 1.165) is 6.92 Å². The summed E-state index contributed by atoms with van der Waals surface area (Å²) in [4.78, 5) is 0. The van der Waals surface area contributed by atoms with Gasteiger partial charge in [0.15, 0.2) is 0 Å². The van der Waals surface area contributed by atoms with Crippen LogP contribution in [0.1, 0.15) is 34.1 Å². The molecule has 92 valence electrons. The van der Waals surface area contributed by atoms with Crippen molar-refractivity contribution < 1.29 is 22.0 Å². The molecule has 6 heteroatoms. The van der Waals surface area contributed by atoms with Gasteiger partial charge in [-0.05, 0) is 27.2 Å². The summed E-state index contributed by atoms with van der Waals surface area (Å²) in [7, 11) is 0. The zero-order valence-corrected chi connectivity index (χ0v) is 9.17. The molecule has 0 aromatic rings. The summed E-state index contributed by atoms with van der Waals surface area (Å²) in [6, 6.07) is 0. The fraction of sp³-hybridized carbons (Fsp3) is 1.00. The van der Waals surface area contributed by atoms with Crippen LogP contribution in [0.25, 0.3) is 0 Å². The minimum absolute atomic E-state index is 0.237. The standard InChI is InChI=1S/C9H16F5N/c1-5-7(4,15)8(10,11)6(2,3)9(12,13)14/h5,15H2,1-4H3. The molecule has 2 N–H and O–H groups in total. The molecule has 0 fully saturated rings. The molecule has 0 aliphatic carbocycles. The van der Waals surface area contributed by atoms with Gasteiger partial charge in [0.25, 0.3) is 5.92 Å². The van der Waals surface area contributed by atoms with Crippen molar-refractivity contribution >= 4 is 0 Å². The fourth-order valence-electron chi connectivity index (χ4n) is 1.11. The highest BCUT2D eigenvalue weighted by molar-refractivity contribution is 5.04. The maximum absolute atomic E-state index is 13.6. The highest BCUT2D eigenvalue weighted by Gasteiger charge is 2.68. The Morgan fingerprint density at radius 3 is 1.47 bits per heavy atom. The van der Waals surface area contributed by atoms with E-state index in [1.807, 2.05) is 0 Å². The molecule has 0 spiro atoms. The average molecular weight is 233 g/mol. The predicted octanol–water partition coefficient (Wildman–Crippen LogP) is 3.34. The summed E-state index contributed by atoms with van der Waals surface area (Å²) in [5, 5.41) is 0. The Hall–Kier alpha value is -0.390. The number of hydrogen-bond acceptors (Lipinski definition) is 1. The first kappa shape index (κ1) is 14.6. The van der Waals surface area contributed by atoms with Gasteiger partial charge >= 0.3 is 6.18 Å². The van der Waals surface area contributed by atoms with Crippen molar-refractivity contribution in [3.05, 3.63) is 0 Å². The van der Waals surface area contributed by atoms with Gasteiger partial charge in [-0.25, -0.2) is 8.78 Å². The lowest BCUT2D eigenvalue weighted by molar-refractivity contribution is -0.301. The van der Waals surface area contributed by atoms with Crippen LogP contribution in [0.2, 0.25) is 0 Å². The van der Waals surface area contributed by atoms with Crippen LogP contribution in [0.4, 0.5) is 22.0 Å². The molecular formula is C9H16F5N. The molecule has 0 radical (unpaired) electrons. The maximum Gasteiger partial charge on any atom is 0.399 e. The fourth-order valence-corrected chi connectivity index (χ4v) is 1.11. The monoisotopic (exact) mass is 233 g/mol. The molecule has 0 saturated carbocycles. The molecule has 0 aliphatic heterocycles. The number of rotatable bonds is 3. The lowest BCUT2D eigenvalue weighted by Crippen LogP contribution is -2.63. The van der Waals surface area contributed by atoms with Crippen molar-refractivity contribution in [1.82, 2.24) is 0 Å². The van der Waals surface area contributed by atoms with Gasteiger partial charge < -0.3 is 5.73 Å². The van der Waals surface area contributed by atoms with Gasteiger partial charge in [0.05, 0.1) is 5.54 Å². The molecule has 0 heterocycles. The Labute approximate surface area is 85.8 Å². The number of hydrogen-bond donors (Lipinski definition) is 1. The third kappa shape index (κ3) is 2.09. The van der Waals surface area contributed by atoms with Crippen LogP contribution in [-0.2, 0) is 0 Å². The molecule has 0 saturated heterocycles. The van der Waals surface area contributed by atoms with Crippen LogP contribution in [0.15, 0.2) is 0 Å². The van der Waals surface area contributed by atoms with Crippen LogP contribution < -0.4 is 5.73 Å². The van der Waals surface area contributed by atoms with Crippen molar-refractivity contribution in [2.45, 2.75) is 51.8 Å². The summed E-state index contributed by atoms with van der Waals surface area (Å²) >= 11 is 0. The zero-order chi connectivity index (χ0) is 12.7. The van der Waals surface area contributed by atoms with E-state index in [9.17, 15) is 22.0 Å². The van der Waals surface area contributed by atoms with Crippen LogP contribution >= 0.6 is 0 Å². The summed E-state index contributed by atoms with van der Waals surface area (Å²) < 4.78 is 64.6. The minimum Gasteiger partial charge on any atom is -0.320 e. The first-order valence-electron chi connectivity index (χ1n) is 4.54. The first-order chi connectivity index (χ1) is 6.31. The number of halogens is 5. The molecule has 1 unspecified atom stereocenters. The van der Waals surface area contributed by atoms with Gasteiger partial charge in [-0.15, -0.1) is 0 Å². The highest BCUT2D eigenvalue weighted by Crippen LogP contribution is 2.53. The lowest BCUT2D eigenvalue weighted by Gasteiger charge is -2.44. The van der Waals surface area contributed by atoms with Gasteiger partial charge in [-0.3, -0.25) is 0 Å². The van der Waals surface area contributed by atoms with Crippen molar-refractivity contribution in [2.24, 2.45) is 11.1 Å². The molecular weight excluding hydrogens is 217 g/mol. The Bertz CT molecular complexity index is 229. The third-order valence-corrected chi connectivity index (χ3v) is 2.95. The average Bonchev–Trinajstić information content (AvgIpc) is 2.01. The Kier molecular flexibility index (Phi) is 3.48. The predicted molar refractivity (Wildman–Crippen MR) is 47.7 cm³/mol. The molecule has 0 aromatic heterocycles. The molecule has 15 heavy (non-hydrogen) atoms. The summed E-state index contributed by atoms with van der Waals surface area (Å²) in [6.07, 6.45) is -5.23. The van der Waals surface area contributed by atoms with Crippen molar-refractivity contribution in [3.8, 4) is 0 Å². The SMILES string of the molecule is CCC(C)(N)C(F)(F)C(C)(C)C(F)(F)F. The maximum atomic E-state index is 13.6. The van der Waals surface area contributed by atoms with E-state index in [4.69, 9.17) is 5.73 Å². The summed E-state index contributed by atoms with van der Waals surface area (Å²) in [5.41, 5.74) is -0.0874. The van der Waals surface area contributed by atoms with Gasteiger partial charge in [0.1, 0.15) is 5.41 Å². The second kappa shape index (κ2) is 3.57. The lowest BCUT2D eigenvalue weighted by atomic mass is 9.73. The summed E-state index contributed by atoms with van der Waals surface area (Å²) in [5.74, 6) is -4.02. The van der Waals surface area contributed by atoms with Crippen molar-refractivity contribution in [1.29, 1.82) is 0 Å². The molecule has 0 aliphatic rings. The van der Waals surface area contributed by atoms with Crippen molar-refractivity contribution in [2.75, 3.05) is 0 Å². The molecule has 0 bridgehead atoms. The van der Waals surface area contributed by atoms with Gasteiger partial charge in [0, 0.05) is 0 Å². The molecule has 0 amide bonds. The zero-order valence-electron chi connectivity index (χ0n) is 9.17. The second-order valence-corrected chi connectivity index (χ2v) is 4.47. The number of nitrogens with two attached hydrogens (primary N) is 1. The van der Waals surface area contributed by atoms with Crippen LogP contribution in [-0.4, -0.2) is 17.6 Å². The van der Waals surface area contributed by atoms with Gasteiger partial charge in [-0.1, -0.05) is 6.92 Å². The Morgan fingerprint density at radius 2 is 1.27 bits per heavy atom. The normalized spacial score (nSPS) is 18.8. The minimum atomic E-state index is -4.99.